The van der Waals surface area contributed by atoms with Crippen LogP contribution in [0.4, 0.5) is 4.79 Å². The van der Waals surface area contributed by atoms with Crippen molar-refractivity contribution in [1.82, 2.24) is 5.48 Å². The molecule has 1 unspecified atom stereocenters. The molecule has 2 aromatic carbocycles. The highest BCUT2D eigenvalue weighted by molar-refractivity contribution is 6.13. The molecular weight excluding hydrogens is 548 g/mol. The Kier molecular flexibility index (Phi) is 27.6. The molecule has 0 aromatic heterocycles. The van der Waals surface area contributed by atoms with Crippen molar-refractivity contribution < 1.29 is 33.9 Å². The van der Waals surface area contributed by atoms with E-state index < -0.39 is 11.7 Å². The molecular formula is C34H54N2O7. The number of carbonyl (C=O) groups excluding carboxylic acids is 4. The van der Waals surface area contributed by atoms with Gasteiger partial charge in [0.2, 0.25) is 0 Å². The lowest BCUT2D eigenvalue weighted by atomic mass is 10.0. The van der Waals surface area contributed by atoms with Gasteiger partial charge < -0.3 is 23.9 Å². The van der Waals surface area contributed by atoms with Crippen LogP contribution in [0.5, 0.6) is 0 Å². The van der Waals surface area contributed by atoms with Crippen LogP contribution < -0.4 is 5.48 Å². The van der Waals surface area contributed by atoms with Crippen LogP contribution in [0.2, 0.25) is 0 Å². The van der Waals surface area contributed by atoms with E-state index in [4.69, 9.17) is 14.7 Å². The normalized spacial score (nSPS) is 10.6. The maximum Gasteiger partial charge on any atom is 0.431 e. The van der Waals surface area contributed by atoms with E-state index in [-0.39, 0.29) is 11.6 Å². The molecule has 9 heteroatoms. The SMILES string of the molecule is C=O.CC(C)(C)OC(=O)NO.CCCC(C=O)N=C(c1ccccc1)c1ccccc1.CCCCC=O.COC(C)(C)C. The predicted octanol–water partition coefficient (Wildman–Crippen LogP) is 7.41. The standard InChI is InChI=1S/C18H19NO.C5H11NO3.C5H12O.C5H10O.CH2O/c1-2-9-17(14-20)19-18(15-10-5-3-6-11-15)16-12-7-4-8-13-16;1-5(2,3)9-4(7)6-8;1-5(2,3)6-4;1-2-3-4-5-6;1-2/h3-8,10-14,17H,2,9H2,1H3;8H,1-3H3,(H,6,7);1-4H3;5H,2-4H2,1H3;1H2. The van der Waals surface area contributed by atoms with Gasteiger partial charge in [-0.05, 0) is 54.4 Å². The number of carbonyl (C=O) groups is 4. The summed E-state index contributed by atoms with van der Waals surface area (Å²) >= 11 is 0. The third-order valence-electron chi connectivity index (χ3n) is 4.91. The minimum atomic E-state index is -0.831. The zero-order chi connectivity index (χ0) is 33.7. The average Bonchev–Trinajstić information content (AvgIpc) is 2.99. The largest absolute Gasteiger partial charge is 0.442 e. The summed E-state index contributed by atoms with van der Waals surface area (Å²) in [7, 11) is 1.71. The number of amides is 1. The molecule has 0 bridgehead atoms. The highest BCUT2D eigenvalue weighted by Crippen LogP contribution is 2.13. The lowest BCUT2D eigenvalue weighted by molar-refractivity contribution is -0.109. The summed E-state index contributed by atoms with van der Waals surface area (Å²) in [6, 6.07) is 19.8. The number of aliphatic imine (C=N–C) groups is 1. The van der Waals surface area contributed by atoms with E-state index in [1.54, 1.807) is 27.9 Å². The fourth-order valence-electron chi connectivity index (χ4n) is 2.72. The molecule has 0 radical (unpaired) electrons. The molecule has 9 nitrogen and oxygen atoms in total. The summed E-state index contributed by atoms with van der Waals surface area (Å²) in [6.45, 7) is 17.3. The minimum absolute atomic E-state index is 0.0417. The topological polar surface area (TPSA) is 131 Å². The second-order valence-corrected chi connectivity index (χ2v) is 10.9. The lowest BCUT2D eigenvalue weighted by Crippen LogP contribution is -2.30. The van der Waals surface area contributed by atoms with Crippen LogP contribution in [0.1, 0.15) is 98.6 Å². The third kappa shape index (κ3) is 28.2. The van der Waals surface area contributed by atoms with Crippen LogP contribution in [0, 0.1) is 0 Å². The molecule has 0 saturated heterocycles. The average molecular weight is 603 g/mol. The van der Waals surface area contributed by atoms with Gasteiger partial charge in [-0.3, -0.25) is 10.2 Å². The van der Waals surface area contributed by atoms with E-state index >= 15 is 0 Å². The number of benzene rings is 2. The van der Waals surface area contributed by atoms with E-state index in [0.29, 0.717) is 0 Å². The Labute approximate surface area is 259 Å². The molecule has 0 fully saturated rings. The summed E-state index contributed by atoms with van der Waals surface area (Å²) in [6.07, 6.45) is 5.70. The molecule has 1 atom stereocenters. The predicted molar refractivity (Wildman–Crippen MR) is 174 cm³/mol. The number of methoxy groups -OCH3 is 1. The Morgan fingerprint density at radius 2 is 1.33 bits per heavy atom. The number of hydrogen-bond donors (Lipinski definition) is 2. The molecule has 0 spiro atoms. The van der Waals surface area contributed by atoms with Crippen molar-refractivity contribution >= 4 is 31.2 Å². The fourth-order valence-corrected chi connectivity index (χ4v) is 2.72. The zero-order valence-corrected chi connectivity index (χ0v) is 27.6. The summed E-state index contributed by atoms with van der Waals surface area (Å²) < 4.78 is 9.52. The first-order valence-corrected chi connectivity index (χ1v) is 14.3. The highest BCUT2D eigenvalue weighted by atomic mass is 16.6. The van der Waals surface area contributed by atoms with Gasteiger partial charge in [0.15, 0.2) is 0 Å². The van der Waals surface area contributed by atoms with E-state index in [2.05, 4.69) is 23.6 Å². The molecule has 0 aliphatic heterocycles. The van der Waals surface area contributed by atoms with Gasteiger partial charge in [0, 0.05) is 24.7 Å². The summed E-state index contributed by atoms with van der Waals surface area (Å²) in [5, 5.41) is 7.97. The number of nitrogens with one attached hydrogen (secondary N) is 1. The van der Waals surface area contributed by atoms with Crippen molar-refractivity contribution in [1.29, 1.82) is 0 Å². The molecule has 0 heterocycles. The van der Waals surface area contributed by atoms with E-state index in [9.17, 15) is 14.4 Å². The van der Waals surface area contributed by atoms with Crippen molar-refractivity contribution in [2.24, 2.45) is 4.99 Å². The van der Waals surface area contributed by atoms with Gasteiger partial charge in [-0.2, -0.15) is 0 Å². The van der Waals surface area contributed by atoms with Gasteiger partial charge in [0.05, 0.1) is 11.3 Å². The number of rotatable bonds is 9. The molecule has 2 aromatic rings. The molecule has 2 rings (SSSR count). The maximum atomic E-state index is 11.2. The van der Waals surface area contributed by atoms with Crippen molar-refractivity contribution in [2.45, 2.75) is 105 Å². The molecule has 0 aliphatic carbocycles. The Bertz CT molecular complexity index is 942. The van der Waals surface area contributed by atoms with Crippen LogP contribution in [0.3, 0.4) is 0 Å². The van der Waals surface area contributed by atoms with E-state index in [0.717, 1.165) is 61.5 Å². The Hall–Kier alpha value is -3.69. The van der Waals surface area contributed by atoms with Crippen LogP contribution in [-0.2, 0) is 23.9 Å². The van der Waals surface area contributed by atoms with Crippen molar-refractivity contribution in [3.05, 3.63) is 71.8 Å². The Morgan fingerprint density at radius 3 is 1.56 bits per heavy atom. The van der Waals surface area contributed by atoms with Crippen molar-refractivity contribution in [2.75, 3.05) is 7.11 Å². The van der Waals surface area contributed by atoms with Gasteiger partial charge >= 0.3 is 6.09 Å². The quantitative estimate of drug-likeness (QED) is 0.100. The number of unbranched alkanes of at least 4 members (excludes halogenated alkanes) is 2. The van der Waals surface area contributed by atoms with E-state index in [1.165, 1.54) is 5.48 Å². The second kappa shape index (κ2) is 27.2. The third-order valence-corrected chi connectivity index (χ3v) is 4.91. The molecule has 2 N–H and O–H groups in total. The monoisotopic (exact) mass is 602 g/mol. The smallest absolute Gasteiger partial charge is 0.431 e. The maximum absolute atomic E-state index is 11.2. The zero-order valence-electron chi connectivity index (χ0n) is 27.6. The second-order valence-electron chi connectivity index (χ2n) is 10.9. The van der Waals surface area contributed by atoms with Gasteiger partial charge in [-0.1, -0.05) is 87.4 Å². The van der Waals surface area contributed by atoms with Crippen LogP contribution >= 0.6 is 0 Å². The lowest BCUT2D eigenvalue weighted by Gasteiger charge is -2.17. The minimum Gasteiger partial charge on any atom is -0.442 e. The molecule has 0 saturated carbocycles. The number of aldehydes is 2. The summed E-state index contributed by atoms with van der Waals surface area (Å²) in [4.78, 5) is 43.7. The van der Waals surface area contributed by atoms with Gasteiger partial charge in [0.1, 0.15) is 31.0 Å². The first-order chi connectivity index (χ1) is 20.3. The van der Waals surface area contributed by atoms with E-state index in [1.807, 2.05) is 88.2 Å². The van der Waals surface area contributed by atoms with Crippen LogP contribution in [-0.4, -0.2) is 60.7 Å². The first kappa shape index (κ1) is 43.8. The summed E-state index contributed by atoms with van der Waals surface area (Å²) in [5.74, 6) is 0. The fraction of sp³-hybridized carbons (Fsp3) is 0.500. The van der Waals surface area contributed by atoms with Crippen LogP contribution in [0.25, 0.3) is 0 Å². The van der Waals surface area contributed by atoms with Gasteiger partial charge in [-0.15, -0.1) is 0 Å². The Balaban J connectivity index is -0.000000577. The molecule has 43 heavy (non-hydrogen) atoms. The van der Waals surface area contributed by atoms with Gasteiger partial charge in [0.25, 0.3) is 0 Å². The number of nitrogens with zero attached hydrogens (tertiary/aromatic N) is 1. The van der Waals surface area contributed by atoms with Crippen molar-refractivity contribution in [3.8, 4) is 0 Å². The summed E-state index contributed by atoms with van der Waals surface area (Å²) in [5.41, 5.74) is 3.83. The molecule has 1 amide bonds. The van der Waals surface area contributed by atoms with Crippen molar-refractivity contribution in [3.63, 3.8) is 0 Å². The number of ether oxygens (including phenoxy) is 2. The first-order valence-electron chi connectivity index (χ1n) is 14.3. The highest BCUT2D eigenvalue weighted by Gasteiger charge is 2.14. The van der Waals surface area contributed by atoms with Crippen LogP contribution in [0.15, 0.2) is 65.7 Å². The number of hydroxylamine groups is 1. The number of hydrogen-bond acceptors (Lipinski definition) is 8. The molecule has 0 aliphatic rings. The Morgan fingerprint density at radius 1 is 0.884 bits per heavy atom. The molecule has 242 valence electrons. The van der Waals surface area contributed by atoms with Gasteiger partial charge in [-0.25, -0.2) is 10.3 Å².